The van der Waals surface area contributed by atoms with Gasteiger partial charge in [0.2, 0.25) is 0 Å². The monoisotopic (exact) mass is 220 g/mol. The van der Waals surface area contributed by atoms with Gasteiger partial charge in [-0.3, -0.25) is 0 Å². The average molecular weight is 220 g/mol. The van der Waals surface area contributed by atoms with E-state index in [1.54, 1.807) is 6.20 Å². The van der Waals surface area contributed by atoms with Crippen molar-refractivity contribution >= 4 is 5.82 Å². The van der Waals surface area contributed by atoms with Gasteiger partial charge in [-0.15, -0.1) is 5.10 Å². The van der Waals surface area contributed by atoms with Gasteiger partial charge in [-0.1, -0.05) is 0 Å². The predicted octanol–water partition coefficient (Wildman–Crippen LogP) is 1.49. The molecule has 1 unspecified atom stereocenters. The summed E-state index contributed by atoms with van der Waals surface area (Å²) < 4.78 is 0. The van der Waals surface area contributed by atoms with Gasteiger partial charge >= 0.3 is 0 Å². The molecule has 1 aliphatic heterocycles. The van der Waals surface area contributed by atoms with Crippen LogP contribution >= 0.6 is 0 Å². The summed E-state index contributed by atoms with van der Waals surface area (Å²) in [4.78, 5) is 2.37. The van der Waals surface area contributed by atoms with Crippen molar-refractivity contribution < 1.29 is 0 Å². The molecule has 2 heterocycles. The normalized spacial score (nSPS) is 21.1. The quantitative estimate of drug-likeness (QED) is 0.838. The van der Waals surface area contributed by atoms with Crippen LogP contribution in [0.15, 0.2) is 12.3 Å². The van der Waals surface area contributed by atoms with E-state index in [0.717, 1.165) is 25.3 Å². The molecule has 4 heteroatoms. The fourth-order valence-corrected chi connectivity index (χ4v) is 2.38. The van der Waals surface area contributed by atoms with Crippen LogP contribution in [0.25, 0.3) is 0 Å². The highest BCUT2D eigenvalue weighted by atomic mass is 15.3. The first kappa shape index (κ1) is 11.3. The van der Waals surface area contributed by atoms with Crippen LogP contribution in [0.2, 0.25) is 0 Å². The molecule has 0 radical (unpaired) electrons. The number of nitrogens with two attached hydrogens (primary N) is 1. The molecule has 1 atom stereocenters. The third kappa shape index (κ3) is 2.50. The first-order chi connectivity index (χ1) is 7.81. The lowest BCUT2D eigenvalue weighted by atomic mass is 9.99. The molecule has 1 aromatic rings. The Kier molecular flexibility index (Phi) is 3.72. The van der Waals surface area contributed by atoms with E-state index in [2.05, 4.69) is 28.1 Å². The smallest absolute Gasteiger partial charge is 0.151 e. The minimum Gasteiger partial charge on any atom is -0.352 e. The number of hydrogen-bond donors (Lipinski definition) is 1. The number of aromatic nitrogens is 2. The highest BCUT2D eigenvalue weighted by Gasteiger charge is 2.22. The summed E-state index contributed by atoms with van der Waals surface area (Å²) in [6.07, 6.45) is 6.63. The van der Waals surface area contributed by atoms with Crippen LogP contribution in [0.3, 0.4) is 0 Å². The van der Waals surface area contributed by atoms with E-state index in [9.17, 15) is 0 Å². The second kappa shape index (κ2) is 5.25. The molecule has 0 aromatic carbocycles. The van der Waals surface area contributed by atoms with Crippen molar-refractivity contribution in [1.82, 2.24) is 10.2 Å². The fourth-order valence-electron chi connectivity index (χ4n) is 2.38. The van der Waals surface area contributed by atoms with Crippen LogP contribution in [0.4, 0.5) is 5.82 Å². The van der Waals surface area contributed by atoms with Crippen molar-refractivity contribution in [2.24, 2.45) is 5.73 Å². The van der Waals surface area contributed by atoms with Crippen molar-refractivity contribution in [2.75, 3.05) is 18.0 Å². The molecule has 88 valence electrons. The number of nitrogens with zero attached hydrogens (tertiary/aromatic N) is 3. The van der Waals surface area contributed by atoms with E-state index in [-0.39, 0.29) is 0 Å². The molecule has 2 rings (SSSR count). The standard InChI is InChI=1S/C12H20N4/c1-10-8-12(15-14-9-10)16-7-3-2-4-11(16)5-6-13/h8-9,11H,2-7,13H2,1H3. The largest absolute Gasteiger partial charge is 0.352 e. The zero-order chi connectivity index (χ0) is 11.4. The number of piperidine rings is 1. The summed E-state index contributed by atoms with van der Waals surface area (Å²) in [6.45, 7) is 3.89. The summed E-state index contributed by atoms with van der Waals surface area (Å²) in [5.41, 5.74) is 6.84. The molecule has 0 saturated carbocycles. The second-order valence-electron chi connectivity index (χ2n) is 4.51. The number of anilines is 1. The Morgan fingerprint density at radius 1 is 1.50 bits per heavy atom. The molecule has 1 aromatic heterocycles. The number of aryl methyl sites for hydroxylation is 1. The van der Waals surface area contributed by atoms with Crippen LogP contribution < -0.4 is 10.6 Å². The van der Waals surface area contributed by atoms with Crippen molar-refractivity contribution in [3.8, 4) is 0 Å². The van der Waals surface area contributed by atoms with Crippen molar-refractivity contribution in [3.63, 3.8) is 0 Å². The lowest BCUT2D eigenvalue weighted by Crippen LogP contribution is -2.41. The summed E-state index contributed by atoms with van der Waals surface area (Å²) in [7, 11) is 0. The Bertz CT molecular complexity index is 338. The number of hydrogen-bond acceptors (Lipinski definition) is 4. The fraction of sp³-hybridized carbons (Fsp3) is 0.667. The lowest BCUT2D eigenvalue weighted by Gasteiger charge is -2.36. The van der Waals surface area contributed by atoms with Crippen molar-refractivity contribution in [2.45, 2.75) is 38.6 Å². The molecular formula is C12H20N4. The predicted molar refractivity (Wildman–Crippen MR) is 65.4 cm³/mol. The third-order valence-corrected chi connectivity index (χ3v) is 3.20. The third-order valence-electron chi connectivity index (χ3n) is 3.20. The van der Waals surface area contributed by atoms with Gasteiger partial charge in [0.05, 0.1) is 6.20 Å². The zero-order valence-electron chi connectivity index (χ0n) is 9.89. The minimum absolute atomic E-state index is 0.551. The zero-order valence-corrected chi connectivity index (χ0v) is 9.89. The maximum atomic E-state index is 5.67. The molecule has 1 saturated heterocycles. The van der Waals surface area contributed by atoms with E-state index >= 15 is 0 Å². The molecule has 1 fully saturated rings. The van der Waals surface area contributed by atoms with Gasteiger partial charge in [-0.05, 0) is 50.8 Å². The van der Waals surface area contributed by atoms with Gasteiger partial charge in [0, 0.05) is 12.6 Å². The molecular weight excluding hydrogens is 200 g/mol. The Labute approximate surface area is 96.9 Å². The van der Waals surface area contributed by atoms with Gasteiger partial charge in [0.1, 0.15) is 0 Å². The Balaban J connectivity index is 2.16. The van der Waals surface area contributed by atoms with Crippen LogP contribution in [0.1, 0.15) is 31.2 Å². The first-order valence-corrected chi connectivity index (χ1v) is 6.07. The van der Waals surface area contributed by atoms with Gasteiger partial charge in [-0.25, -0.2) is 0 Å². The molecule has 2 N–H and O–H groups in total. The molecule has 0 bridgehead atoms. The summed E-state index contributed by atoms with van der Waals surface area (Å²) in [5, 5.41) is 8.26. The van der Waals surface area contributed by atoms with E-state index in [1.165, 1.54) is 24.8 Å². The first-order valence-electron chi connectivity index (χ1n) is 6.07. The molecule has 16 heavy (non-hydrogen) atoms. The summed E-state index contributed by atoms with van der Waals surface area (Å²) in [5.74, 6) is 1.01. The van der Waals surface area contributed by atoms with Gasteiger partial charge in [-0.2, -0.15) is 5.10 Å². The average Bonchev–Trinajstić information content (AvgIpc) is 2.30. The van der Waals surface area contributed by atoms with E-state index in [4.69, 9.17) is 5.73 Å². The summed E-state index contributed by atoms with van der Waals surface area (Å²) in [6, 6.07) is 2.66. The summed E-state index contributed by atoms with van der Waals surface area (Å²) >= 11 is 0. The van der Waals surface area contributed by atoms with Crippen LogP contribution in [-0.2, 0) is 0 Å². The molecule has 1 aliphatic rings. The molecule has 0 spiro atoms. The van der Waals surface area contributed by atoms with Crippen molar-refractivity contribution in [1.29, 1.82) is 0 Å². The molecule has 0 amide bonds. The van der Waals surface area contributed by atoms with E-state index in [1.807, 2.05) is 0 Å². The molecule has 4 nitrogen and oxygen atoms in total. The molecule has 0 aliphatic carbocycles. The maximum absolute atomic E-state index is 5.67. The Morgan fingerprint density at radius 2 is 2.38 bits per heavy atom. The van der Waals surface area contributed by atoms with E-state index < -0.39 is 0 Å². The van der Waals surface area contributed by atoms with Gasteiger partial charge in [0.15, 0.2) is 5.82 Å². The number of rotatable bonds is 3. The van der Waals surface area contributed by atoms with Crippen LogP contribution in [0, 0.1) is 6.92 Å². The topological polar surface area (TPSA) is 55.0 Å². The minimum atomic E-state index is 0.551. The maximum Gasteiger partial charge on any atom is 0.151 e. The van der Waals surface area contributed by atoms with Gasteiger partial charge in [0.25, 0.3) is 0 Å². The second-order valence-corrected chi connectivity index (χ2v) is 4.51. The van der Waals surface area contributed by atoms with Gasteiger partial charge < -0.3 is 10.6 Å². The van der Waals surface area contributed by atoms with E-state index in [0.29, 0.717) is 6.04 Å². The van der Waals surface area contributed by atoms with Crippen LogP contribution in [0.5, 0.6) is 0 Å². The SMILES string of the molecule is Cc1cnnc(N2CCCCC2CCN)c1. The lowest BCUT2D eigenvalue weighted by molar-refractivity contribution is 0.437. The van der Waals surface area contributed by atoms with Crippen molar-refractivity contribution in [3.05, 3.63) is 17.8 Å². The Hall–Kier alpha value is -1.16. The highest BCUT2D eigenvalue weighted by molar-refractivity contribution is 5.40. The van der Waals surface area contributed by atoms with Crippen LogP contribution in [-0.4, -0.2) is 29.3 Å². The Morgan fingerprint density at radius 3 is 3.12 bits per heavy atom. The highest BCUT2D eigenvalue weighted by Crippen LogP contribution is 2.24.